The molecule has 114 valence electrons. The molecule has 0 atom stereocenters. The highest BCUT2D eigenvalue weighted by molar-refractivity contribution is 7.92. The van der Waals surface area contributed by atoms with Crippen LogP contribution in [-0.2, 0) is 23.5 Å². The molecule has 0 amide bonds. The maximum absolute atomic E-state index is 12.4. The van der Waals surface area contributed by atoms with E-state index in [2.05, 4.69) is 9.82 Å². The third-order valence-electron chi connectivity index (χ3n) is 2.99. The van der Waals surface area contributed by atoms with E-state index in [-0.39, 0.29) is 10.6 Å². The van der Waals surface area contributed by atoms with E-state index < -0.39 is 10.0 Å². The topological polar surface area (TPSA) is 99.2 Å². The molecular formula is C13H18N4O3S. The summed E-state index contributed by atoms with van der Waals surface area (Å²) in [6, 6.07) is 4.44. The van der Waals surface area contributed by atoms with Gasteiger partial charge in [-0.15, -0.1) is 0 Å². The smallest absolute Gasteiger partial charge is 0.264 e. The molecule has 1 aromatic heterocycles. The summed E-state index contributed by atoms with van der Waals surface area (Å²) < 4.78 is 34.0. The van der Waals surface area contributed by atoms with Gasteiger partial charge in [-0.1, -0.05) is 6.92 Å². The average molecular weight is 310 g/mol. The molecular weight excluding hydrogens is 292 g/mol. The van der Waals surface area contributed by atoms with Crippen molar-refractivity contribution in [2.45, 2.75) is 18.2 Å². The number of nitrogen functional groups attached to an aromatic ring is 1. The number of sulfonamides is 1. The third-order valence-corrected chi connectivity index (χ3v) is 4.43. The highest BCUT2D eigenvalue weighted by atomic mass is 32.2. The molecule has 2 aromatic rings. The number of nitrogens with zero attached hydrogens (tertiary/aromatic N) is 2. The van der Waals surface area contributed by atoms with Gasteiger partial charge < -0.3 is 10.5 Å². The van der Waals surface area contributed by atoms with Gasteiger partial charge in [-0.05, 0) is 18.6 Å². The number of ether oxygens (including phenoxy) is 1. The normalized spacial score (nSPS) is 11.4. The minimum atomic E-state index is -3.77. The molecule has 21 heavy (non-hydrogen) atoms. The molecule has 0 spiro atoms. The summed E-state index contributed by atoms with van der Waals surface area (Å²) in [6.45, 7) is 1.90. The Morgan fingerprint density at radius 3 is 2.71 bits per heavy atom. The van der Waals surface area contributed by atoms with Crippen LogP contribution in [0.15, 0.2) is 29.3 Å². The molecule has 3 N–H and O–H groups in total. The molecule has 1 aromatic carbocycles. The van der Waals surface area contributed by atoms with Gasteiger partial charge >= 0.3 is 0 Å². The summed E-state index contributed by atoms with van der Waals surface area (Å²) in [5.41, 5.74) is 7.05. The maximum atomic E-state index is 12.4. The average Bonchev–Trinajstić information content (AvgIpc) is 2.77. The van der Waals surface area contributed by atoms with Crippen LogP contribution in [0.5, 0.6) is 5.75 Å². The lowest BCUT2D eigenvalue weighted by molar-refractivity contribution is 0.414. The number of hydrogen-bond acceptors (Lipinski definition) is 5. The largest absolute Gasteiger partial charge is 0.497 e. The fourth-order valence-corrected chi connectivity index (χ4v) is 3.17. The van der Waals surface area contributed by atoms with E-state index in [1.54, 1.807) is 24.0 Å². The van der Waals surface area contributed by atoms with Gasteiger partial charge in [0.25, 0.3) is 10.0 Å². The van der Waals surface area contributed by atoms with Gasteiger partial charge in [0, 0.05) is 19.3 Å². The van der Waals surface area contributed by atoms with E-state index in [1.165, 1.54) is 19.2 Å². The maximum Gasteiger partial charge on any atom is 0.264 e. The summed E-state index contributed by atoms with van der Waals surface area (Å²) >= 11 is 0. The molecule has 0 saturated carbocycles. The van der Waals surface area contributed by atoms with Crippen LogP contribution in [0, 0.1) is 0 Å². The molecule has 0 aliphatic carbocycles. The minimum Gasteiger partial charge on any atom is -0.497 e. The summed E-state index contributed by atoms with van der Waals surface area (Å²) in [4.78, 5) is 0.00852. The highest BCUT2D eigenvalue weighted by Crippen LogP contribution is 2.26. The number of anilines is 2. The Hall–Kier alpha value is -2.22. The standard InChI is InChI=1S/C13H18N4O3S/c1-4-11-12(8-17(2)15-11)16-21(18,19)13-6-5-9(20-3)7-10(13)14/h5-8,16H,4,14H2,1-3H3. The predicted molar refractivity (Wildman–Crippen MR) is 80.8 cm³/mol. The molecule has 0 unspecified atom stereocenters. The van der Waals surface area contributed by atoms with Crippen molar-refractivity contribution in [3.05, 3.63) is 30.1 Å². The Kier molecular flexibility index (Phi) is 4.08. The zero-order chi connectivity index (χ0) is 15.6. The number of hydrogen-bond donors (Lipinski definition) is 2. The number of aryl methyl sites for hydroxylation is 2. The number of rotatable bonds is 5. The number of benzene rings is 1. The van der Waals surface area contributed by atoms with Crippen molar-refractivity contribution in [1.29, 1.82) is 0 Å². The summed E-state index contributed by atoms with van der Waals surface area (Å²) in [7, 11) is -0.547. The molecule has 0 saturated heterocycles. The quantitative estimate of drug-likeness (QED) is 0.813. The summed E-state index contributed by atoms with van der Waals surface area (Å²) in [5, 5.41) is 4.20. The molecule has 1 heterocycles. The lowest BCUT2D eigenvalue weighted by Gasteiger charge is -2.10. The fraction of sp³-hybridized carbons (Fsp3) is 0.308. The van der Waals surface area contributed by atoms with Crippen LogP contribution in [0.3, 0.4) is 0 Å². The van der Waals surface area contributed by atoms with Crippen molar-refractivity contribution in [3.8, 4) is 5.75 Å². The van der Waals surface area contributed by atoms with Crippen molar-refractivity contribution in [2.75, 3.05) is 17.6 Å². The van der Waals surface area contributed by atoms with E-state index in [9.17, 15) is 8.42 Å². The van der Waals surface area contributed by atoms with Crippen LogP contribution >= 0.6 is 0 Å². The second kappa shape index (κ2) is 5.65. The van der Waals surface area contributed by atoms with Gasteiger partial charge in [0.2, 0.25) is 0 Å². The van der Waals surface area contributed by atoms with E-state index in [1.807, 2.05) is 6.92 Å². The van der Waals surface area contributed by atoms with Crippen molar-refractivity contribution >= 4 is 21.4 Å². The van der Waals surface area contributed by atoms with Gasteiger partial charge in [-0.25, -0.2) is 8.42 Å². The van der Waals surface area contributed by atoms with Gasteiger partial charge in [0.1, 0.15) is 10.6 Å². The van der Waals surface area contributed by atoms with Crippen molar-refractivity contribution in [3.63, 3.8) is 0 Å². The molecule has 0 radical (unpaired) electrons. The van der Waals surface area contributed by atoms with Gasteiger partial charge in [0.05, 0.1) is 24.2 Å². The monoisotopic (exact) mass is 310 g/mol. The number of nitrogens with one attached hydrogen (secondary N) is 1. The van der Waals surface area contributed by atoms with Crippen LogP contribution < -0.4 is 15.2 Å². The fourth-order valence-electron chi connectivity index (χ4n) is 1.98. The molecule has 0 aliphatic heterocycles. The van der Waals surface area contributed by atoms with Crippen molar-refractivity contribution in [1.82, 2.24) is 9.78 Å². The van der Waals surface area contributed by atoms with Crippen LogP contribution in [0.1, 0.15) is 12.6 Å². The lowest BCUT2D eigenvalue weighted by Crippen LogP contribution is -2.15. The number of aromatic nitrogens is 2. The third kappa shape index (κ3) is 3.10. The SMILES string of the molecule is CCc1nn(C)cc1NS(=O)(=O)c1ccc(OC)cc1N. The van der Waals surface area contributed by atoms with E-state index >= 15 is 0 Å². The first kappa shape index (κ1) is 15.2. The molecule has 8 heteroatoms. The Morgan fingerprint density at radius 2 is 2.14 bits per heavy atom. The van der Waals surface area contributed by atoms with Crippen LogP contribution in [0.2, 0.25) is 0 Å². The first-order valence-corrected chi connectivity index (χ1v) is 7.84. The van der Waals surface area contributed by atoms with Crippen LogP contribution in [0.25, 0.3) is 0 Å². The van der Waals surface area contributed by atoms with Crippen molar-refractivity contribution < 1.29 is 13.2 Å². The first-order valence-electron chi connectivity index (χ1n) is 6.36. The molecule has 7 nitrogen and oxygen atoms in total. The number of methoxy groups -OCH3 is 1. The first-order chi connectivity index (χ1) is 9.87. The Bertz CT molecular complexity index is 753. The highest BCUT2D eigenvalue weighted by Gasteiger charge is 2.20. The molecule has 2 rings (SSSR count). The summed E-state index contributed by atoms with van der Waals surface area (Å²) in [5.74, 6) is 0.502. The Balaban J connectivity index is 2.38. The number of nitrogens with two attached hydrogens (primary N) is 1. The van der Waals surface area contributed by atoms with E-state index in [0.717, 1.165) is 0 Å². The zero-order valence-corrected chi connectivity index (χ0v) is 12.9. The second-order valence-corrected chi connectivity index (χ2v) is 6.18. The predicted octanol–water partition coefficient (Wildman–Crippen LogP) is 1.37. The minimum absolute atomic E-state index is 0.00852. The molecule has 0 fully saturated rings. The Labute approximate surface area is 123 Å². The van der Waals surface area contributed by atoms with Gasteiger partial charge in [-0.2, -0.15) is 5.10 Å². The van der Waals surface area contributed by atoms with Crippen LogP contribution in [0.4, 0.5) is 11.4 Å². The zero-order valence-electron chi connectivity index (χ0n) is 12.1. The molecule has 0 bridgehead atoms. The second-order valence-electron chi connectivity index (χ2n) is 4.53. The van der Waals surface area contributed by atoms with Gasteiger partial charge in [-0.3, -0.25) is 9.40 Å². The Morgan fingerprint density at radius 1 is 1.43 bits per heavy atom. The molecule has 0 aliphatic rings. The van der Waals surface area contributed by atoms with Crippen LogP contribution in [-0.4, -0.2) is 25.3 Å². The lowest BCUT2D eigenvalue weighted by atomic mass is 10.3. The van der Waals surface area contributed by atoms with E-state index in [4.69, 9.17) is 10.5 Å². The summed E-state index contributed by atoms with van der Waals surface area (Å²) in [6.07, 6.45) is 2.24. The van der Waals surface area contributed by atoms with Gasteiger partial charge in [0.15, 0.2) is 0 Å². The van der Waals surface area contributed by atoms with E-state index in [0.29, 0.717) is 23.6 Å². The van der Waals surface area contributed by atoms with Crippen molar-refractivity contribution in [2.24, 2.45) is 7.05 Å².